The lowest BCUT2D eigenvalue weighted by Crippen LogP contribution is -2.34. The Bertz CT molecular complexity index is 130. The third-order valence-electron chi connectivity index (χ3n) is 2.74. The zero-order valence-corrected chi connectivity index (χ0v) is 6.58. The van der Waals surface area contributed by atoms with E-state index in [9.17, 15) is 5.11 Å². The van der Waals surface area contributed by atoms with E-state index in [0.29, 0.717) is 0 Å². The maximum Gasteiger partial charge on any atom is 0.106 e. The van der Waals surface area contributed by atoms with Gasteiger partial charge in [-0.2, -0.15) is 0 Å². The lowest BCUT2D eigenvalue weighted by molar-refractivity contribution is -0.316. The third-order valence-corrected chi connectivity index (χ3v) is 2.74. The molecule has 0 amide bonds. The molecule has 0 bridgehead atoms. The predicted octanol–water partition coefficient (Wildman–Crippen LogP) is 1.01. The van der Waals surface area contributed by atoms with Gasteiger partial charge >= 0.3 is 0 Å². The summed E-state index contributed by atoms with van der Waals surface area (Å²) in [6, 6.07) is 0. The Morgan fingerprint density at radius 2 is 1.91 bits per heavy atom. The second-order valence-electron chi connectivity index (χ2n) is 3.57. The van der Waals surface area contributed by atoms with Crippen LogP contribution in [-0.4, -0.2) is 23.4 Å². The molecule has 0 aromatic rings. The van der Waals surface area contributed by atoms with Crippen LogP contribution in [0.25, 0.3) is 0 Å². The van der Waals surface area contributed by atoms with Crippen molar-refractivity contribution < 1.29 is 14.9 Å². The van der Waals surface area contributed by atoms with Crippen molar-refractivity contribution in [3.63, 3.8) is 0 Å². The van der Waals surface area contributed by atoms with Gasteiger partial charge in [-0.25, -0.2) is 9.78 Å². The fourth-order valence-electron chi connectivity index (χ4n) is 1.90. The van der Waals surface area contributed by atoms with Gasteiger partial charge in [-0.15, -0.1) is 0 Å². The molecule has 0 unspecified atom stereocenters. The number of aliphatic hydroxyl groups is 1. The summed E-state index contributed by atoms with van der Waals surface area (Å²) in [5.74, 6) is 0. The van der Waals surface area contributed by atoms with Crippen LogP contribution in [0.4, 0.5) is 0 Å². The fourth-order valence-corrected chi connectivity index (χ4v) is 1.90. The minimum atomic E-state index is -0.107. The van der Waals surface area contributed by atoms with Gasteiger partial charge in [0, 0.05) is 6.42 Å². The summed E-state index contributed by atoms with van der Waals surface area (Å²) in [7, 11) is 0. The molecule has 64 valence electrons. The molecule has 1 aliphatic heterocycles. The molecule has 1 saturated heterocycles. The van der Waals surface area contributed by atoms with Crippen molar-refractivity contribution in [3.05, 3.63) is 0 Å². The molecular formula is C8H14O3. The van der Waals surface area contributed by atoms with Gasteiger partial charge in [-0.3, -0.25) is 0 Å². The molecule has 3 heteroatoms. The van der Waals surface area contributed by atoms with Gasteiger partial charge in [0.2, 0.25) is 0 Å². The molecule has 2 fully saturated rings. The number of hydrogen-bond donors (Lipinski definition) is 1. The average Bonchev–Trinajstić information content (AvgIpc) is 2.45. The van der Waals surface area contributed by atoms with Crippen LogP contribution in [-0.2, 0) is 9.78 Å². The Hall–Kier alpha value is -0.120. The number of hydrogen-bond acceptors (Lipinski definition) is 3. The fraction of sp³-hybridized carbons (Fsp3) is 1.00. The molecule has 1 heterocycles. The van der Waals surface area contributed by atoms with E-state index in [1.807, 2.05) is 0 Å². The highest BCUT2D eigenvalue weighted by Gasteiger charge is 2.40. The van der Waals surface area contributed by atoms with Crippen LogP contribution < -0.4 is 0 Å². The molecule has 0 radical (unpaired) electrons. The van der Waals surface area contributed by atoms with Crippen molar-refractivity contribution >= 4 is 0 Å². The van der Waals surface area contributed by atoms with Crippen molar-refractivity contribution in [2.75, 3.05) is 6.61 Å². The zero-order valence-electron chi connectivity index (χ0n) is 6.58. The van der Waals surface area contributed by atoms with E-state index in [1.165, 1.54) is 0 Å². The second kappa shape index (κ2) is 2.73. The van der Waals surface area contributed by atoms with E-state index in [1.54, 1.807) is 0 Å². The van der Waals surface area contributed by atoms with Crippen LogP contribution in [0, 0.1) is 0 Å². The van der Waals surface area contributed by atoms with Crippen LogP contribution in [0.5, 0.6) is 0 Å². The van der Waals surface area contributed by atoms with Gasteiger partial charge in [-0.1, -0.05) is 0 Å². The summed E-state index contributed by atoms with van der Waals surface area (Å²) in [5.41, 5.74) is -0.0285. The Kier molecular flexibility index (Phi) is 1.87. The molecule has 1 aliphatic carbocycles. The summed E-state index contributed by atoms with van der Waals surface area (Å²) in [6.45, 7) is 0.718. The highest BCUT2D eigenvalue weighted by Crippen LogP contribution is 2.37. The van der Waals surface area contributed by atoms with E-state index >= 15 is 0 Å². The minimum Gasteiger partial charge on any atom is -0.393 e. The standard InChI is InChI=1S/C8H14O3/c9-7-1-3-8(4-2-7)5-6-10-11-8/h7,9H,1-6H2. The maximum atomic E-state index is 9.26. The van der Waals surface area contributed by atoms with Crippen molar-refractivity contribution in [2.45, 2.75) is 43.8 Å². The van der Waals surface area contributed by atoms with Crippen molar-refractivity contribution in [2.24, 2.45) is 0 Å². The van der Waals surface area contributed by atoms with Crippen LogP contribution in [0.3, 0.4) is 0 Å². The molecule has 0 atom stereocenters. The Labute approximate surface area is 66.2 Å². The van der Waals surface area contributed by atoms with E-state index in [-0.39, 0.29) is 11.7 Å². The summed E-state index contributed by atoms with van der Waals surface area (Å²) >= 11 is 0. The topological polar surface area (TPSA) is 38.7 Å². The summed E-state index contributed by atoms with van der Waals surface area (Å²) < 4.78 is 0. The minimum absolute atomic E-state index is 0.0285. The lowest BCUT2D eigenvalue weighted by Gasteiger charge is -2.32. The van der Waals surface area contributed by atoms with Gasteiger partial charge in [0.15, 0.2) is 0 Å². The van der Waals surface area contributed by atoms with Crippen LogP contribution in [0.1, 0.15) is 32.1 Å². The smallest absolute Gasteiger partial charge is 0.106 e. The van der Waals surface area contributed by atoms with Crippen molar-refractivity contribution in [1.29, 1.82) is 0 Å². The third kappa shape index (κ3) is 1.41. The summed E-state index contributed by atoms with van der Waals surface area (Å²) in [6.07, 6.45) is 4.53. The molecule has 0 aromatic heterocycles. The second-order valence-corrected chi connectivity index (χ2v) is 3.57. The average molecular weight is 158 g/mol. The molecule has 1 N–H and O–H groups in total. The van der Waals surface area contributed by atoms with E-state index in [4.69, 9.17) is 9.78 Å². The van der Waals surface area contributed by atoms with Gasteiger partial charge in [0.1, 0.15) is 5.60 Å². The molecule has 2 aliphatic rings. The molecule has 0 aromatic carbocycles. The normalized spacial score (nSPS) is 45.0. The maximum absolute atomic E-state index is 9.26. The molecule has 3 nitrogen and oxygen atoms in total. The van der Waals surface area contributed by atoms with Gasteiger partial charge in [-0.05, 0) is 25.7 Å². The molecule has 1 saturated carbocycles. The molecule has 2 rings (SSSR count). The Balaban J connectivity index is 1.94. The first kappa shape index (κ1) is 7.53. The van der Waals surface area contributed by atoms with E-state index in [2.05, 4.69) is 0 Å². The van der Waals surface area contributed by atoms with Gasteiger partial charge in [0.25, 0.3) is 0 Å². The lowest BCUT2D eigenvalue weighted by atomic mass is 9.82. The molecule has 1 spiro atoms. The number of rotatable bonds is 0. The SMILES string of the molecule is OC1CCC2(CCOO2)CC1. The first-order valence-electron chi connectivity index (χ1n) is 4.29. The summed E-state index contributed by atoms with van der Waals surface area (Å²) in [5, 5.41) is 9.26. The largest absolute Gasteiger partial charge is 0.393 e. The van der Waals surface area contributed by atoms with E-state index < -0.39 is 0 Å². The Morgan fingerprint density at radius 3 is 2.45 bits per heavy atom. The van der Waals surface area contributed by atoms with Crippen LogP contribution in [0.15, 0.2) is 0 Å². The first-order valence-corrected chi connectivity index (χ1v) is 4.29. The highest BCUT2D eigenvalue weighted by molar-refractivity contribution is 4.87. The van der Waals surface area contributed by atoms with Crippen molar-refractivity contribution in [3.8, 4) is 0 Å². The first-order chi connectivity index (χ1) is 5.31. The molecular weight excluding hydrogens is 144 g/mol. The van der Waals surface area contributed by atoms with Gasteiger partial charge < -0.3 is 5.11 Å². The van der Waals surface area contributed by atoms with Crippen LogP contribution in [0.2, 0.25) is 0 Å². The van der Waals surface area contributed by atoms with Crippen LogP contribution >= 0.6 is 0 Å². The summed E-state index contributed by atoms with van der Waals surface area (Å²) in [4.78, 5) is 10.1. The van der Waals surface area contributed by atoms with Crippen molar-refractivity contribution in [1.82, 2.24) is 0 Å². The van der Waals surface area contributed by atoms with Gasteiger partial charge in [0.05, 0.1) is 12.7 Å². The number of aliphatic hydroxyl groups excluding tert-OH is 1. The van der Waals surface area contributed by atoms with E-state index in [0.717, 1.165) is 38.7 Å². The highest BCUT2D eigenvalue weighted by atomic mass is 17.2. The quantitative estimate of drug-likeness (QED) is 0.535. The monoisotopic (exact) mass is 158 g/mol. The Morgan fingerprint density at radius 1 is 1.18 bits per heavy atom. The molecule has 11 heavy (non-hydrogen) atoms. The zero-order chi connectivity index (χ0) is 7.73. The predicted molar refractivity (Wildman–Crippen MR) is 38.9 cm³/mol.